The van der Waals surface area contributed by atoms with Crippen LogP contribution in [0.15, 0.2) is 30.3 Å². The van der Waals surface area contributed by atoms with E-state index in [2.05, 4.69) is 0 Å². The van der Waals surface area contributed by atoms with Gasteiger partial charge in [0.2, 0.25) is 0 Å². The van der Waals surface area contributed by atoms with Gasteiger partial charge in [0.1, 0.15) is 5.60 Å². The molecule has 0 amide bonds. The maximum atomic E-state index is 12.4. The third-order valence-electron chi connectivity index (χ3n) is 4.74. The van der Waals surface area contributed by atoms with Crippen molar-refractivity contribution in [3.8, 4) is 0 Å². The lowest BCUT2D eigenvalue weighted by atomic mass is 9.94. The van der Waals surface area contributed by atoms with Crippen LogP contribution >= 0.6 is 0 Å². The Morgan fingerprint density at radius 1 is 1.20 bits per heavy atom. The number of Topliss-reactive ketones (excluding diaryl/α,β-unsaturated/α-hetero) is 2. The van der Waals surface area contributed by atoms with Gasteiger partial charge in [0.15, 0.2) is 17.6 Å². The van der Waals surface area contributed by atoms with Crippen molar-refractivity contribution >= 4 is 11.6 Å². The largest absolute Gasteiger partial charge is 0.358 e. The second kappa shape index (κ2) is 3.99. The Bertz CT molecular complexity index is 581. The van der Waals surface area contributed by atoms with Crippen LogP contribution in [0.4, 0.5) is 0 Å². The van der Waals surface area contributed by atoms with Crippen molar-refractivity contribution in [2.45, 2.75) is 32.5 Å². The van der Waals surface area contributed by atoms with Gasteiger partial charge >= 0.3 is 0 Å². The van der Waals surface area contributed by atoms with Crippen LogP contribution in [0.3, 0.4) is 0 Å². The van der Waals surface area contributed by atoms with Gasteiger partial charge in [-0.15, -0.1) is 0 Å². The molecule has 0 spiro atoms. The zero-order valence-corrected chi connectivity index (χ0v) is 11.8. The van der Waals surface area contributed by atoms with Crippen molar-refractivity contribution in [1.29, 1.82) is 0 Å². The lowest BCUT2D eigenvalue weighted by Gasteiger charge is -2.24. The van der Waals surface area contributed by atoms with Crippen LogP contribution in [0, 0.1) is 17.4 Å². The lowest BCUT2D eigenvalue weighted by Crippen LogP contribution is -2.38. The van der Waals surface area contributed by atoms with E-state index in [4.69, 9.17) is 10.5 Å². The number of carbonyl (C=O) groups excluding carboxylic acids is 2. The first-order chi connectivity index (χ1) is 9.34. The monoisotopic (exact) mass is 272 g/mol. The van der Waals surface area contributed by atoms with Gasteiger partial charge < -0.3 is 10.5 Å². The molecule has 0 heterocycles. The van der Waals surface area contributed by atoms with Crippen molar-refractivity contribution in [3.05, 3.63) is 41.9 Å². The van der Waals surface area contributed by atoms with Crippen LogP contribution in [0.25, 0.3) is 0 Å². The Hall–Kier alpha value is -1.52. The fourth-order valence-electron chi connectivity index (χ4n) is 3.47. The number of hydrogen-bond acceptors (Lipinski definition) is 4. The summed E-state index contributed by atoms with van der Waals surface area (Å²) in [4.78, 5) is 24.4. The summed E-state index contributed by atoms with van der Waals surface area (Å²) < 4.78 is 6.06. The highest BCUT2D eigenvalue weighted by atomic mass is 16.5. The standard InChI is InChI=1S/C16H18NO3/c1-9(10-7-5-4-6-8-10)20-16-13(15(16,2)3)12(18)11(17)14(16)19/h4-9,13H,17H2,1-3H3. The molecule has 4 nitrogen and oxygen atoms in total. The number of rotatable bonds is 3. The fraction of sp³-hybridized carbons (Fsp3) is 0.438. The summed E-state index contributed by atoms with van der Waals surface area (Å²) >= 11 is 0. The van der Waals surface area contributed by atoms with Crippen LogP contribution in [0.1, 0.15) is 32.4 Å². The van der Waals surface area contributed by atoms with E-state index < -0.39 is 16.9 Å². The first-order valence-electron chi connectivity index (χ1n) is 6.78. The van der Waals surface area contributed by atoms with Gasteiger partial charge in [0, 0.05) is 5.41 Å². The van der Waals surface area contributed by atoms with Crippen molar-refractivity contribution in [1.82, 2.24) is 0 Å². The summed E-state index contributed by atoms with van der Waals surface area (Å²) in [6.07, 6.45) is -0.261. The number of ketones is 2. The zero-order chi connectivity index (χ0) is 14.7. The summed E-state index contributed by atoms with van der Waals surface area (Å²) in [5.41, 5.74) is 5.04. The summed E-state index contributed by atoms with van der Waals surface area (Å²) in [5.74, 6) is -1.05. The van der Waals surface area contributed by atoms with Crippen molar-refractivity contribution in [2.75, 3.05) is 0 Å². The second-order valence-corrected chi connectivity index (χ2v) is 6.17. The number of nitrogens with two attached hydrogens (primary N) is 1. The summed E-state index contributed by atoms with van der Waals surface area (Å²) in [5, 5.41) is 0. The molecule has 3 rings (SSSR count). The molecule has 0 aliphatic heterocycles. The molecule has 20 heavy (non-hydrogen) atoms. The van der Waals surface area contributed by atoms with Gasteiger partial charge in [-0.1, -0.05) is 44.2 Å². The lowest BCUT2D eigenvalue weighted by molar-refractivity contribution is -0.138. The molecule has 0 aromatic heterocycles. The maximum Gasteiger partial charge on any atom is 0.196 e. The summed E-state index contributed by atoms with van der Waals surface area (Å²) in [6.45, 7) is 5.66. The van der Waals surface area contributed by atoms with E-state index in [1.54, 1.807) is 0 Å². The Morgan fingerprint density at radius 3 is 2.35 bits per heavy atom. The van der Waals surface area contributed by atoms with E-state index in [1.807, 2.05) is 51.1 Å². The minimum Gasteiger partial charge on any atom is -0.358 e. The van der Waals surface area contributed by atoms with E-state index >= 15 is 0 Å². The maximum absolute atomic E-state index is 12.4. The highest BCUT2D eigenvalue weighted by molar-refractivity contribution is 6.30. The number of hydrogen-bond donors (Lipinski definition) is 1. The molecule has 2 fully saturated rings. The first kappa shape index (κ1) is 13.5. The predicted molar refractivity (Wildman–Crippen MR) is 73.4 cm³/mol. The minimum atomic E-state index is -1.07. The van der Waals surface area contributed by atoms with Crippen molar-refractivity contribution in [2.24, 2.45) is 17.1 Å². The Labute approximate surface area is 118 Å². The van der Waals surface area contributed by atoms with Crippen LogP contribution in [-0.2, 0) is 14.3 Å². The van der Waals surface area contributed by atoms with E-state index in [0.29, 0.717) is 0 Å². The van der Waals surface area contributed by atoms with Crippen molar-refractivity contribution < 1.29 is 14.3 Å². The van der Waals surface area contributed by atoms with Crippen molar-refractivity contribution in [3.63, 3.8) is 0 Å². The quantitative estimate of drug-likeness (QED) is 0.911. The SMILES string of the molecule is CC(OC12C(=O)[C](N)C(=O)C1C2(C)C)c1ccccc1. The average molecular weight is 272 g/mol. The predicted octanol–water partition coefficient (Wildman–Crippen LogP) is 1.80. The van der Waals surface area contributed by atoms with E-state index in [-0.39, 0.29) is 23.7 Å². The molecule has 1 aromatic carbocycles. The van der Waals surface area contributed by atoms with Gasteiger partial charge in [-0.2, -0.15) is 0 Å². The molecule has 3 unspecified atom stereocenters. The van der Waals surface area contributed by atoms with Gasteiger partial charge in [-0.05, 0) is 12.5 Å². The van der Waals surface area contributed by atoms with Gasteiger partial charge in [0.05, 0.1) is 12.0 Å². The fourth-order valence-corrected chi connectivity index (χ4v) is 3.47. The van der Waals surface area contributed by atoms with E-state index in [0.717, 1.165) is 5.56 Å². The van der Waals surface area contributed by atoms with Gasteiger partial charge in [0.25, 0.3) is 0 Å². The molecule has 2 aliphatic carbocycles. The number of benzene rings is 1. The van der Waals surface area contributed by atoms with E-state index in [1.165, 1.54) is 0 Å². The minimum absolute atomic E-state index is 0.158. The molecule has 2 saturated carbocycles. The third-order valence-corrected chi connectivity index (χ3v) is 4.74. The van der Waals surface area contributed by atoms with Crippen LogP contribution in [0.5, 0.6) is 0 Å². The molecule has 0 bridgehead atoms. The Kier molecular flexibility index (Phi) is 2.69. The van der Waals surface area contributed by atoms with Crippen LogP contribution < -0.4 is 5.73 Å². The molecule has 2 N–H and O–H groups in total. The van der Waals surface area contributed by atoms with Crippen LogP contribution in [-0.4, -0.2) is 17.2 Å². The van der Waals surface area contributed by atoms with Crippen LogP contribution in [0.2, 0.25) is 0 Å². The Morgan fingerprint density at radius 2 is 1.80 bits per heavy atom. The summed E-state index contributed by atoms with van der Waals surface area (Å²) in [7, 11) is 0. The highest BCUT2D eigenvalue weighted by Crippen LogP contribution is 2.70. The normalized spacial score (nSPS) is 33.1. The number of carbonyl (C=O) groups is 2. The summed E-state index contributed by atoms with van der Waals surface area (Å²) in [6, 6.07) is 9.50. The smallest absolute Gasteiger partial charge is 0.196 e. The van der Waals surface area contributed by atoms with Gasteiger partial charge in [-0.25, -0.2) is 0 Å². The molecule has 4 heteroatoms. The molecule has 1 aromatic rings. The molecule has 2 aliphatic rings. The molecule has 1 radical (unpaired) electrons. The topological polar surface area (TPSA) is 69.4 Å². The van der Waals surface area contributed by atoms with E-state index in [9.17, 15) is 9.59 Å². The first-order valence-corrected chi connectivity index (χ1v) is 6.78. The molecular weight excluding hydrogens is 254 g/mol. The molecule has 3 atom stereocenters. The third kappa shape index (κ3) is 1.43. The molecule has 0 saturated heterocycles. The number of ether oxygens (including phenoxy) is 1. The average Bonchev–Trinajstić information content (AvgIpc) is 2.85. The zero-order valence-electron chi connectivity index (χ0n) is 11.8. The molecule has 105 valence electrons. The van der Waals surface area contributed by atoms with Gasteiger partial charge in [-0.3, -0.25) is 9.59 Å². The second-order valence-electron chi connectivity index (χ2n) is 6.17. The number of fused-ring (bicyclic) bond motifs is 1. The highest BCUT2D eigenvalue weighted by Gasteiger charge is 2.85. The Balaban J connectivity index is 1.90. The molecular formula is C16H18NO3.